The SMILES string of the molecule is Cc1ccc(C(=O)[C@@H](Sc2nnc(-c3cccs3)n2Cc2ccccc2)c2ccc(C)cc2)cc1. The van der Waals surface area contributed by atoms with Crippen molar-refractivity contribution in [1.29, 1.82) is 0 Å². The third-order valence-corrected chi connectivity index (χ3v) is 7.92. The molecule has 0 spiro atoms. The Bertz CT molecular complexity index is 1410. The van der Waals surface area contributed by atoms with E-state index in [2.05, 4.69) is 52.0 Å². The van der Waals surface area contributed by atoms with Gasteiger partial charge in [0.25, 0.3) is 0 Å². The van der Waals surface area contributed by atoms with Crippen LogP contribution in [0.4, 0.5) is 0 Å². The van der Waals surface area contributed by atoms with Crippen LogP contribution in [-0.4, -0.2) is 20.5 Å². The highest BCUT2D eigenvalue weighted by Crippen LogP contribution is 2.39. The molecule has 3 aromatic carbocycles. The third-order valence-electron chi connectivity index (χ3n) is 5.82. The molecule has 1 atom stereocenters. The number of nitrogens with zero attached hydrogens (tertiary/aromatic N) is 3. The number of thioether (sulfide) groups is 1. The first-order chi connectivity index (χ1) is 17.1. The maximum absolute atomic E-state index is 13.8. The molecular weight excluding hydrogens is 470 g/mol. The normalized spacial score (nSPS) is 11.9. The van der Waals surface area contributed by atoms with Gasteiger partial charge in [-0.05, 0) is 36.4 Å². The summed E-state index contributed by atoms with van der Waals surface area (Å²) in [5.74, 6) is 0.877. The van der Waals surface area contributed by atoms with Crippen LogP contribution in [0.1, 0.15) is 37.9 Å². The zero-order valence-corrected chi connectivity index (χ0v) is 21.2. The predicted molar refractivity (Wildman–Crippen MR) is 144 cm³/mol. The van der Waals surface area contributed by atoms with Crippen LogP contribution in [0.15, 0.2) is 102 Å². The molecule has 0 N–H and O–H groups in total. The zero-order chi connectivity index (χ0) is 24.2. The van der Waals surface area contributed by atoms with Crippen molar-refractivity contribution in [2.45, 2.75) is 30.8 Å². The van der Waals surface area contributed by atoms with E-state index in [-0.39, 0.29) is 5.78 Å². The van der Waals surface area contributed by atoms with Gasteiger partial charge in [-0.2, -0.15) is 0 Å². The summed E-state index contributed by atoms with van der Waals surface area (Å²) < 4.78 is 2.12. The molecule has 0 amide bonds. The highest BCUT2D eigenvalue weighted by Gasteiger charge is 2.27. The molecule has 174 valence electrons. The van der Waals surface area contributed by atoms with Crippen molar-refractivity contribution >= 4 is 28.9 Å². The van der Waals surface area contributed by atoms with Gasteiger partial charge in [-0.15, -0.1) is 21.5 Å². The van der Waals surface area contributed by atoms with Crippen LogP contribution in [-0.2, 0) is 6.54 Å². The molecule has 0 aliphatic rings. The number of carbonyl (C=O) groups is 1. The van der Waals surface area contributed by atoms with Gasteiger partial charge in [0.05, 0.1) is 11.4 Å². The average Bonchev–Trinajstić information content (AvgIpc) is 3.54. The molecular formula is C29H25N3OS2. The Morgan fingerprint density at radius 1 is 0.857 bits per heavy atom. The molecule has 0 saturated heterocycles. The summed E-state index contributed by atoms with van der Waals surface area (Å²) in [4.78, 5) is 14.8. The summed E-state index contributed by atoms with van der Waals surface area (Å²) in [6, 6.07) is 30.3. The number of hydrogen-bond acceptors (Lipinski definition) is 5. The number of benzene rings is 3. The Hall–Kier alpha value is -3.48. The number of hydrogen-bond donors (Lipinski definition) is 0. The lowest BCUT2D eigenvalue weighted by atomic mass is 10.0. The fourth-order valence-corrected chi connectivity index (χ4v) is 5.69. The fourth-order valence-electron chi connectivity index (χ4n) is 3.86. The van der Waals surface area contributed by atoms with Gasteiger partial charge in [-0.25, -0.2) is 0 Å². The minimum atomic E-state index is -0.437. The number of aryl methyl sites for hydroxylation is 2. The second kappa shape index (κ2) is 10.4. The third kappa shape index (κ3) is 5.29. The smallest absolute Gasteiger partial charge is 0.192 e. The lowest BCUT2D eigenvalue weighted by molar-refractivity contribution is 0.0989. The lowest BCUT2D eigenvalue weighted by Crippen LogP contribution is -2.12. The van der Waals surface area contributed by atoms with Crippen molar-refractivity contribution in [2.24, 2.45) is 0 Å². The van der Waals surface area contributed by atoms with Crippen molar-refractivity contribution in [2.75, 3.05) is 0 Å². The van der Waals surface area contributed by atoms with Crippen LogP contribution >= 0.6 is 23.1 Å². The zero-order valence-electron chi connectivity index (χ0n) is 19.6. The molecule has 0 unspecified atom stereocenters. The molecule has 0 fully saturated rings. The second-order valence-electron chi connectivity index (χ2n) is 8.49. The summed E-state index contributed by atoms with van der Waals surface area (Å²) in [5, 5.41) is 11.5. The van der Waals surface area contributed by atoms with Crippen LogP contribution in [0, 0.1) is 13.8 Å². The highest BCUT2D eigenvalue weighted by atomic mass is 32.2. The van der Waals surface area contributed by atoms with Gasteiger partial charge in [0, 0.05) is 5.56 Å². The Labute approximate surface area is 213 Å². The van der Waals surface area contributed by atoms with E-state index in [4.69, 9.17) is 0 Å². The van der Waals surface area contributed by atoms with E-state index in [0.717, 1.165) is 38.1 Å². The average molecular weight is 496 g/mol. The highest BCUT2D eigenvalue weighted by molar-refractivity contribution is 8.00. The van der Waals surface area contributed by atoms with E-state index in [1.165, 1.54) is 11.8 Å². The molecule has 2 aromatic heterocycles. The minimum Gasteiger partial charge on any atom is -0.297 e. The number of Topliss-reactive ketones (excluding diaryl/α,β-unsaturated/α-hetero) is 1. The van der Waals surface area contributed by atoms with Gasteiger partial charge < -0.3 is 0 Å². The maximum atomic E-state index is 13.8. The molecule has 2 heterocycles. The minimum absolute atomic E-state index is 0.0609. The second-order valence-corrected chi connectivity index (χ2v) is 10.5. The van der Waals surface area contributed by atoms with E-state index in [0.29, 0.717) is 12.1 Å². The summed E-state index contributed by atoms with van der Waals surface area (Å²) in [7, 11) is 0. The molecule has 0 bridgehead atoms. The number of aromatic nitrogens is 3. The van der Waals surface area contributed by atoms with E-state index < -0.39 is 5.25 Å². The van der Waals surface area contributed by atoms with Gasteiger partial charge in [-0.1, -0.05) is 108 Å². The summed E-state index contributed by atoms with van der Waals surface area (Å²) >= 11 is 3.10. The molecule has 0 radical (unpaired) electrons. The summed E-state index contributed by atoms with van der Waals surface area (Å²) in [5.41, 5.74) is 5.10. The van der Waals surface area contributed by atoms with Gasteiger partial charge in [0.2, 0.25) is 0 Å². The monoisotopic (exact) mass is 495 g/mol. The van der Waals surface area contributed by atoms with Crippen LogP contribution < -0.4 is 0 Å². The van der Waals surface area contributed by atoms with Crippen LogP contribution in [0.25, 0.3) is 10.7 Å². The van der Waals surface area contributed by atoms with Gasteiger partial charge in [0.1, 0.15) is 5.25 Å². The van der Waals surface area contributed by atoms with E-state index in [9.17, 15) is 4.79 Å². The van der Waals surface area contributed by atoms with Crippen molar-refractivity contribution in [1.82, 2.24) is 14.8 Å². The van der Waals surface area contributed by atoms with Gasteiger partial charge in [-0.3, -0.25) is 9.36 Å². The summed E-state index contributed by atoms with van der Waals surface area (Å²) in [6.07, 6.45) is 0. The first-order valence-corrected chi connectivity index (χ1v) is 13.2. The Morgan fingerprint density at radius 3 is 2.20 bits per heavy atom. The first kappa shape index (κ1) is 23.3. The molecule has 0 aliphatic carbocycles. The molecule has 5 rings (SSSR count). The Kier molecular flexibility index (Phi) is 6.93. The van der Waals surface area contributed by atoms with Crippen molar-refractivity contribution < 1.29 is 4.79 Å². The molecule has 4 nitrogen and oxygen atoms in total. The first-order valence-electron chi connectivity index (χ1n) is 11.4. The Balaban J connectivity index is 1.56. The predicted octanol–water partition coefficient (Wildman–Crippen LogP) is 7.39. The Morgan fingerprint density at radius 2 is 1.54 bits per heavy atom. The van der Waals surface area contributed by atoms with Gasteiger partial charge in [0.15, 0.2) is 16.8 Å². The van der Waals surface area contributed by atoms with E-state index >= 15 is 0 Å². The molecule has 5 aromatic rings. The molecule has 6 heteroatoms. The largest absolute Gasteiger partial charge is 0.297 e. The van der Waals surface area contributed by atoms with Crippen LogP contribution in [0.5, 0.6) is 0 Å². The van der Waals surface area contributed by atoms with E-state index in [1.54, 1.807) is 11.3 Å². The standard InChI is InChI=1S/C29H25N3OS2/c1-20-10-14-23(15-11-20)26(33)27(24-16-12-21(2)13-17-24)35-29-31-30-28(25-9-6-18-34-25)32(29)19-22-7-4-3-5-8-22/h3-18,27H,19H2,1-2H3/t27-/m0/s1. The quantitative estimate of drug-likeness (QED) is 0.166. The number of ketones is 1. The van der Waals surface area contributed by atoms with Crippen LogP contribution in [0.3, 0.4) is 0 Å². The van der Waals surface area contributed by atoms with Crippen molar-refractivity contribution in [3.63, 3.8) is 0 Å². The lowest BCUT2D eigenvalue weighted by Gasteiger charge is -2.17. The topological polar surface area (TPSA) is 47.8 Å². The van der Waals surface area contributed by atoms with Crippen molar-refractivity contribution in [3.05, 3.63) is 124 Å². The van der Waals surface area contributed by atoms with Crippen molar-refractivity contribution in [3.8, 4) is 10.7 Å². The molecule has 0 aliphatic heterocycles. The fraction of sp³-hybridized carbons (Fsp3) is 0.138. The summed E-state index contributed by atoms with van der Waals surface area (Å²) in [6.45, 7) is 4.71. The molecule has 0 saturated carbocycles. The number of thiophene rings is 1. The maximum Gasteiger partial charge on any atom is 0.192 e. The van der Waals surface area contributed by atoms with E-state index in [1.807, 2.05) is 73.0 Å². The van der Waals surface area contributed by atoms with Gasteiger partial charge >= 0.3 is 0 Å². The number of carbonyl (C=O) groups excluding carboxylic acids is 1. The van der Waals surface area contributed by atoms with Crippen LogP contribution in [0.2, 0.25) is 0 Å². The molecule has 35 heavy (non-hydrogen) atoms. The number of rotatable bonds is 8.